The van der Waals surface area contributed by atoms with E-state index in [-0.39, 0.29) is 23.0 Å². The summed E-state index contributed by atoms with van der Waals surface area (Å²) in [6.45, 7) is 5.41. The van der Waals surface area contributed by atoms with Crippen molar-refractivity contribution >= 4 is 0 Å². The van der Waals surface area contributed by atoms with Crippen molar-refractivity contribution in [1.29, 1.82) is 5.26 Å². The van der Waals surface area contributed by atoms with Crippen LogP contribution in [0.1, 0.15) is 36.6 Å². The Balaban J connectivity index is 2.57. The molecule has 1 heterocycles. The normalized spacial score (nSPS) is 10.5. The predicted molar refractivity (Wildman–Crippen MR) is 74.9 cm³/mol. The third kappa shape index (κ3) is 2.92. The first-order valence-corrected chi connectivity index (χ1v) is 6.39. The number of aryl methyl sites for hydroxylation is 1. The zero-order chi connectivity index (χ0) is 15.6. The molecule has 0 bridgehead atoms. The van der Waals surface area contributed by atoms with Crippen molar-refractivity contribution in [2.24, 2.45) is 0 Å². The van der Waals surface area contributed by atoms with E-state index < -0.39 is 11.4 Å². The van der Waals surface area contributed by atoms with E-state index in [1.54, 1.807) is 13.0 Å². The molecule has 0 spiro atoms. The van der Waals surface area contributed by atoms with Crippen LogP contribution in [0.5, 0.6) is 11.5 Å². The van der Waals surface area contributed by atoms with Gasteiger partial charge in [0.05, 0.1) is 17.6 Å². The Labute approximate surface area is 121 Å². The summed E-state index contributed by atoms with van der Waals surface area (Å²) in [5.41, 5.74) is 0.469. The van der Waals surface area contributed by atoms with Crippen LogP contribution in [0.25, 0.3) is 0 Å². The summed E-state index contributed by atoms with van der Waals surface area (Å²) >= 11 is 0. The van der Waals surface area contributed by atoms with Crippen LogP contribution in [-0.4, -0.2) is 9.97 Å². The Morgan fingerprint density at radius 3 is 2.76 bits per heavy atom. The number of nitriles is 1. The summed E-state index contributed by atoms with van der Waals surface area (Å²) in [7, 11) is 0. The molecule has 0 atom stereocenters. The Morgan fingerprint density at radius 1 is 1.43 bits per heavy atom. The monoisotopic (exact) mass is 287 g/mol. The highest BCUT2D eigenvalue weighted by molar-refractivity contribution is 5.44. The van der Waals surface area contributed by atoms with Gasteiger partial charge >= 0.3 is 0 Å². The molecule has 0 fully saturated rings. The second kappa shape index (κ2) is 5.75. The second-order valence-electron chi connectivity index (χ2n) is 4.94. The summed E-state index contributed by atoms with van der Waals surface area (Å²) in [5.74, 6) is -1.07. The molecule has 0 aliphatic carbocycles. The first kappa shape index (κ1) is 14.7. The van der Waals surface area contributed by atoms with E-state index in [9.17, 15) is 9.18 Å². The predicted octanol–water partition coefficient (Wildman–Crippen LogP) is 3.00. The zero-order valence-electron chi connectivity index (χ0n) is 11.9. The number of nitrogens with one attached hydrogen (secondary N) is 1. The summed E-state index contributed by atoms with van der Waals surface area (Å²) in [6.07, 6.45) is 1.28. The number of hydrogen-bond acceptors (Lipinski definition) is 4. The maximum atomic E-state index is 14.1. The minimum Gasteiger partial charge on any atom is -0.446 e. The number of nitrogens with zero attached hydrogens (tertiary/aromatic N) is 2. The lowest BCUT2D eigenvalue weighted by Crippen LogP contribution is -2.14. The van der Waals surface area contributed by atoms with Crippen molar-refractivity contribution in [1.82, 2.24) is 9.97 Å². The third-order valence-corrected chi connectivity index (χ3v) is 2.90. The summed E-state index contributed by atoms with van der Waals surface area (Å²) in [5, 5.41) is 8.91. The van der Waals surface area contributed by atoms with Gasteiger partial charge in [0.15, 0.2) is 11.6 Å². The molecule has 0 aliphatic rings. The molecule has 0 unspecified atom stereocenters. The third-order valence-electron chi connectivity index (χ3n) is 2.90. The summed E-state index contributed by atoms with van der Waals surface area (Å²) < 4.78 is 19.5. The Bertz CT molecular complexity index is 775. The number of aromatic amines is 1. The van der Waals surface area contributed by atoms with Gasteiger partial charge in [0.1, 0.15) is 6.07 Å². The molecule has 5 nitrogen and oxygen atoms in total. The topological polar surface area (TPSA) is 78.8 Å². The van der Waals surface area contributed by atoms with Gasteiger partial charge in [-0.05, 0) is 30.5 Å². The minimum absolute atomic E-state index is 0.0547. The average molecular weight is 287 g/mol. The number of halogens is 1. The second-order valence-corrected chi connectivity index (χ2v) is 4.94. The summed E-state index contributed by atoms with van der Waals surface area (Å²) in [4.78, 5) is 18.4. The molecule has 0 radical (unpaired) electrons. The van der Waals surface area contributed by atoms with Crippen LogP contribution in [-0.2, 0) is 0 Å². The number of H-pyrrole nitrogens is 1. The molecule has 0 aliphatic heterocycles. The maximum Gasteiger partial charge on any atom is 0.294 e. The first-order valence-electron chi connectivity index (χ1n) is 6.39. The van der Waals surface area contributed by atoms with Gasteiger partial charge in [-0.25, -0.2) is 9.37 Å². The van der Waals surface area contributed by atoms with Gasteiger partial charge in [-0.2, -0.15) is 5.26 Å². The lowest BCUT2D eigenvalue weighted by Gasteiger charge is -2.12. The van der Waals surface area contributed by atoms with Crippen LogP contribution in [0.4, 0.5) is 4.39 Å². The van der Waals surface area contributed by atoms with Crippen LogP contribution in [0, 0.1) is 24.1 Å². The minimum atomic E-state index is -0.791. The molecular weight excluding hydrogens is 273 g/mol. The lowest BCUT2D eigenvalue weighted by molar-refractivity contribution is 0.424. The van der Waals surface area contributed by atoms with E-state index in [0.717, 1.165) is 0 Å². The van der Waals surface area contributed by atoms with Crippen LogP contribution in [0.15, 0.2) is 23.3 Å². The molecule has 0 amide bonds. The van der Waals surface area contributed by atoms with E-state index in [0.29, 0.717) is 11.3 Å². The van der Waals surface area contributed by atoms with Gasteiger partial charge in [-0.3, -0.25) is 4.79 Å². The smallest absolute Gasteiger partial charge is 0.294 e. The highest BCUT2D eigenvalue weighted by Crippen LogP contribution is 2.29. The first-order chi connectivity index (χ1) is 9.93. The maximum absolute atomic E-state index is 14.1. The van der Waals surface area contributed by atoms with E-state index in [1.165, 1.54) is 18.5 Å². The number of rotatable bonds is 3. The quantitative estimate of drug-likeness (QED) is 0.941. The lowest BCUT2D eigenvalue weighted by atomic mass is 10.1. The Morgan fingerprint density at radius 2 is 2.14 bits per heavy atom. The largest absolute Gasteiger partial charge is 0.446 e. The van der Waals surface area contributed by atoms with Crippen molar-refractivity contribution in [2.75, 3.05) is 0 Å². The van der Waals surface area contributed by atoms with E-state index in [1.807, 2.05) is 13.8 Å². The standard InChI is InChI=1S/C15H14FN3O2/c1-8(2)13-14(15(20)19-7-18-13)21-11-5-9(3)4-10(6-17)12(11)16/h4-5,7-8H,1-3H3,(H,18,19,20). The van der Waals surface area contributed by atoms with Crippen molar-refractivity contribution in [2.45, 2.75) is 26.7 Å². The van der Waals surface area contributed by atoms with Crippen molar-refractivity contribution in [3.05, 3.63) is 51.5 Å². The van der Waals surface area contributed by atoms with Gasteiger partial charge in [-0.1, -0.05) is 13.8 Å². The molecule has 108 valence electrons. The van der Waals surface area contributed by atoms with E-state index in [4.69, 9.17) is 10.00 Å². The van der Waals surface area contributed by atoms with Gasteiger partial charge in [0.25, 0.3) is 5.56 Å². The fourth-order valence-electron chi connectivity index (χ4n) is 1.91. The van der Waals surface area contributed by atoms with Gasteiger partial charge in [0.2, 0.25) is 5.75 Å². The average Bonchev–Trinajstić information content (AvgIpc) is 2.44. The molecular formula is C15H14FN3O2. The molecule has 6 heteroatoms. The van der Waals surface area contributed by atoms with Crippen LogP contribution in [0.2, 0.25) is 0 Å². The highest BCUT2D eigenvalue weighted by atomic mass is 19.1. The molecule has 2 aromatic rings. The number of aromatic nitrogens is 2. The molecule has 1 N–H and O–H groups in total. The van der Waals surface area contributed by atoms with Crippen LogP contribution >= 0.6 is 0 Å². The molecule has 2 rings (SSSR count). The fourth-order valence-corrected chi connectivity index (χ4v) is 1.91. The number of ether oxygens (including phenoxy) is 1. The molecule has 1 aromatic carbocycles. The Kier molecular flexibility index (Phi) is 4.03. The highest BCUT2D eigenvalue weighted by Gasteiger charge is 2.18. The molecule has 21 heavy (non-hydrogen) atoms. The SMILES string of the molecule is Cc1cc(C#N)c(F)c(Oc2c(C(C)C)nc[nH]c2=O)c1. The summed E-state index contributed by atoms with van der Waals surface area (Å²) in [6, 6.07) is 4.61. The van der Waals surface area contributed by atoms with Gasteiger partial charge in [-0.15, -0.1) is 0 Å². The molecule has 1 aromatic heterocycles. The van der Waals surface area contributed by atoms with E-state index >= 15 is 0 Å². The Hall–Kier alpha value is -2.68. The van der Waals surface area contributed by atoms with Gasteiger partial charge in [0, 0.05) is 0 Å². The van der Waals surface area contributed by atoms with Crippen molar-refractivity contribution < 1.29 is 9.13 Å². The number of hydrogen-bond donors (Lipinski definition) is 1. The van der Waals surface area contributed by atoms with Crippen LogP contribution in [0.3, 0.4) is 0 Å². The van der Waals surface area contributed by atoms with Gasteiger partial charge < -0.3 is 9.72 Å². The fraction of sp³-hybridized carbons (Fsp3) is 0.267. The van der Waals surface area contributed by atoms with E-state index in [2.05, 4.69) is 9.97 Å². The number of benzene rings is 1. The zero-order valence-corrected chi connectivity index (χ0v) is 11.9. The molecule has 0 saturated heterocycles. The van der Waals surface area contributed by atoms with Crippen LogP contribution < -0.4 is 10.3 Å². The van der Waals surface area contributed by atoms with Crippen molar-refractivity contribution in [3.63, 3.8) is 0 Å². The molecule has 0 saturated carbocycles. The van der Waals surface area contributed by atoms with Crippen molar-refractivity contribution in [3.8, 4) is 17.6 Å².